The summed E-state index contributed by atoms with van der Waals surface area (Å²) in [6.07, 6.45) is 0.883. The lowest BCUT2D eigenvalue weighted by Crippen LogP contribution is -2.31. The lowest BCUT2D eigenvalue weighted by atomic mass is 10.1. The van der Waals surface area contributed by atoms with Crippen LogP contribution >= 0.6 is 11.6 Å². The summed E-state index contributed by atoms with van der Waals surface area (Å²) in [6, 6.07) is 11.0. The van der Waals surface area contributed by atoms with Gasteiger partial charge in [0.25, 0.3) is 5.91 Å². The summed E-state index contributed by atoms with van der Waals surface area (Å²) < 4.78 is 11.2. The van der Waals surface area contributed by atoms with Crippen LogP contribution in [0.3, 0.4) is 0 Å². The van der Waals surface area contributed by atoms with E-state index in [2.05, 4.69) is 5.32 Å². The molecule has 1 atom stereocenters. The van der Waals surface area contributed by atoms with Gasteiger partial charge in [-0.25, -0.2) is 0 Å². The van der Waals surface area contributed by atoms with Crippen LogP contribution in [0.5, 0.6) is 11.5 Å². The Bertz CT molecular complexity index is 746. The summed E-state index contributed by atoms with van der Waals surface area (Å²) in [5, 5.41) is 3.67. The molecule has 0 radical (unpaired) electrons. The number of aryl methyl sites for hydroxylation is 1. The van der Waals surface area contributed by atoms with Gasteiger partial charge in [-0.05, 0) is 62.2 Å². The number of methoxy groups -OCH3 is 1. The molecule has 0 fully saturated rings. The molecule has 5 heteroatoms. The summed E-state index contributed by atoms with van der Waals surface area (Å²) >= 11 is 6.03. The molecule has 2 aromatic rings. The van der Waals surface area contributed by atoms with Gasteiger partial charge in [0, 0.05) is 22.2 Å². The summed E-state index contributed by atoms with van der Waals surface area (Å²) in [4.78, 5) is 12.3. The predicted molar refractivity (Wildman–Crippen MR) is 101 cm³/mol. The minimum atomic E-state index is -0.0967. The van der Waals surface area contributed by atoms with Crippen LogP contribution in [-0.4, -0.2) is 19.1 Å². The Morgan fingerprint density at radius 2 is 2.00 bits per heavy atom. The standard InChI is InChI=1S/C20H24ClNO3/c1-5-14(3)22-20(23)15-6-9-19(24-4)16(11-15)12-25-17-7-8-18(21)13(2)10-17/h6-11,14H,5,12H2,1-4H3,(H,22,23). The molecule has 1 N–H and O–H groups in total. The minimum Gasteiger partial charge on any atom is -0.496 e. The van der Waals surface area contributed by atoms with Crippen LogP contribution in [0.1, 0.15) is 41.8 Å². The van der Waals surface area contributed by atoms with Gasteiger partial charge in [-0.2, -0.15) is 0 Å². The quantitative estimate of drug-likeness (QED) is 0.773. The van der Waals surface area contributed by atoms with Crippen molar-refractivity contribution in [3.8, 4) is 11.5 Å². The smallest absolute Gasteiger partial charge is 0.251 e. The Morgan fingerprint density at radius 1 is 1.24 bits per heavy atom. The van der Waals surface area contributed by atoms with Crippen molar-refractivity contribution in [3.05, 3.63) is 58.1 Å². The summed E-state index contributed by atoms with van der Waals surface area (Å²) in [6.45, 7) is 6.24. The molecule has 0 saturated carbocycles. The summed E-state index contributed by atoms with van der Waals surface area (Å²) in [5.41, 5.74) is 2.35. The van der Waals surface area contributed by atoms with Crippen LogP contribution in [0, 0.1) is 6.92 Å². The fraction of sp³-hybridized carbons (Fsp3) is 0.350. The lowest BCUT2D eigenvalue weighted by Gasteiger charge is -2.14. The molecule has 4 nitrogen and oxygen atoms in total. The zero-order chi connectivity index (χ0) is 18.4. The Balaban J connectivity index is 2.16. The van der Waals surface area contributed by atoms with E-state index in [0.717, 1.165) is 23.3 Å². The number of halogens is 1. The van der Waals surface area contributed by atoms with Gasteiger partial charge in [-0.3, -0.25) is 4.79 Å². The average Bonchev–Trinajstić information content (AvgIpc) is 2.62. The topological polar surface area (TPSA) is 47.6 Å². The highest BCUT2D eigenvalue weighted by molar-refractivity contribution is 6.31. The van der Waals surface area contributed by atoms with Crippen molar-refractivity contribution in [2.24, 2.45) is 0 Å². The van der Waals surface area contributed by atoms with E-state index in [1.54, 1.807) is 31.4 Å². The zero-order valence-electron chi connectivity index (χ0n) is 15.1. The number of amides is 1. The van der Waals surface area contributed by atoms with Crippen LogP contribution in [0.15, 0.2) is 36.4 Å². The van der Waals surface area contributed by atoms with Crippen molar-refractivity contribution in [2.45, 2.75) is 39.8 Å². The van der Waals surface area contributed by atoms with E-state index in [-0.39, 0.29) is 11.9 Å². The highest BCUT2D eigenvalue weighted by Gasteiger charge is 2.12. The number of carbonyl (C=O) groups is 1. The Morgan fingerprint density at radius 3 is 2.64 bits per heavy atom. The first kappa shape index (κ1) is 19.1. The Labute approximate surface area is 154 Å². The molecule has 25 heavy (non-hydrogen) atoms. The second kappa shape index (κ2) is 8.77. The van der Waals surface area contributed by atoms with Crippen molar-refractivity contribution in [3.63, 3.8) is 0 Å². The summed E-state index contributed by atoms with van der Waals surface area (Å²) in [7, 11) is 1.60. The molecule has 2 aromatic carbocycles. The average molecular weight is 362 g/mol. The van der Waals surface area contributed by atoms with Gasteiger partial charge in [0.2, 0.25) is 0 Å². The van der Waals surface area contributed by atoms with Gasteiger partial charge in [0.1, 0.15) is 18.1 Å². The van der Waals surface area contributed by atoms with Crippen molar-refractivity contribution in [1.29, 1.82) is 0 Å². The normalized spacial score (nSPS) is 11.7. The second-order valence-electron chi connectivity index (χ2n) is 6.01. The molecule has 0 heterocycles. The van der Waals surface area contributed by atoms with Gasteiger partial charge < -0.3 is 14.8 Å². The Hall–Kier alpha value is -2.20. The molecule has 0 aliphatic carbocycles. The molecule has 0 spiro atoms. The molecular weight excluding hydrogens is 338 g/mol. The number of nitrogens with one attached hydrogen (secondary N) is 1. The molecule has 0 aliphatic rings. The maximum atomic E-state index is 12.3. The largest absolute Gasteiger partial charge is 0.496 e. The number of rotatable bonds is 7. The number of benzene rings is 2. The number of hydrogen-bond donors (Lipinski definition) is 1. The lowest BCUT2D eigenvalue weighted by molar-refractivity contribution is 0.0939. The molecule has 134 valence electrons. The highest BCUT2D eigenvalue weighted by Crippen LogP contribution is 2.25. The summed E-state index contributed by atoms with van der Waals surface area (Å²) in [5.74, 6) is 1.31. The minimum absolute atomic E-state index is 0.0967. The van der Waals surface area contributed by atoms with Gasteiger partial charge in [-0.15, -0.1) is 0 Å². The predicted octanol–water partition coefficient (Wildman–Crippen LogP) is 4.76. The number of hydrogen-bond acceptors (Lipinski definition) is 3. The molecular formula is C20H24ClNO3. The van der Waals surface area contributed by atoms with Crippen LogP contribution in [0.2, 0.25) is 5.02 Å². The third kappa shape index (κ3) is 5.13. The molecule has 0 saturated heterocycles. The van der Waals surface area contributed by atoms with Crippen LogP contribution < -0.4 is 14.8 Å². The van der Waals surface area contributed by atoms with E-state index >= 15 is 0 Å². The van der Waals surface area contributed by atoms with Crippen molar-refractivity contribution in [2.75, 3.05) is 7.11 Å². The zero-order valence-corrected chi connectivity index (χ0v) is 15.8. The highest BCUT2D eigenvalue weighted by atomic mass is 35.5. The van der Waals surface area contributed by atoms with Crippen molar-refractivity contribution < 1.29 is 14.3 Å². The third-order valence-corrected chi connectivity index (χ3v) is 4.48. The SMILES string of the molecule is CCC(C)NC(=O)c1ccc(OC)c(COc2ccc(Cl)c(C)c2)c1. The van der Waals surface area contributed by atoms with E-state index in [4.69, 9.17) is 21.1 Å². The van der Waals surface area contributed by atoms with Gasteiger partial charge in [0.15, 0.2) is 0 Å². The van der Waals surface area contributed by atoms with Gasteiger partial charge in [0.05, 0.1) is 7.11 Å². The second-order valence-corrected chi connectivity index (χ2v) is 6.42. The van der Waals surface area contributed by atoms with E-state index in [1.165, 1.54) is 0 Å². The molecule has 0 aromatic heterocycles. The van der Waals surface area contributed by atoms with Gasteiger partial charge >= 0.3 is 0 Å². The number of ether oxygens (including phenoxy) is 2. The molecule has 0 bridgehead atoms. The fourth-order valence-corrected chi connectivity index (χ4v) is 2.43. The molecule has 1 unspecified atom stereocenters. The first-order valence-corrected chi connectivity index (χ1v) is 8.69. The van der Waals surface area contributed by atoms with Crippen LogP contribution in [0.25, 0.3) is 0 Å². The van der Waals surface area contributed by atoms with Crippen molar-refractivity contribution >= 4 is 17.5 Å². The third-order valence-electron chi connectivity index (χ3n) is 4.06. The number of carbonyl (C=O) groups excluding carboxylic acids is 1. The van der Waals surface area contributed by atoms with E-state index < -0.39 is 0 Å². The van der Waals surface area contributed by atoms with Crippen molar-refractivity contribution in [1.82, 2.24) is 5.32 Å². The molecule has 0 aliphatic heterocycles. The van der Waals surface area contributed by atoms with E-state index in [0.29, 0.717) is 22.9 Å². The maximum absolute atomic E-state index is 12.3. The fourth-order valence-electron chi connectivity index (χ4n) is 2.31. The van der Waals surface area contributed by atoms with E-state index in [1.807, 2.05) is 32.9 Å². The molecule has 1 amide bonds. The monoisotopic (exact) mass is 361 g/mol. The first-order valence-electron chi connectivity index (χ1n) is 8.31. The van der Waals surface area contributed by atoms with E-state index in [9.17, 15) is 4.79 Å². The van der Waals surface area contributed by atoms with Crippen LogP contribution in [-0.2, 0) is 6.61 Å². The van der Waals surface area contributed by atoms with Gasteiger partial charge in [-0.1, -0.05) is 18.5 Å². The first-order chi connectivity index (χ1) is 11.9. The Kier molecular flexibility index (Phi) is 6.71. The maximum Gasteiger partial charge on any atom is 0.251 e. The van der Waals surface area contributed by atoms with Crippen LogP contribution in [0.4, 0.5) is 0 Å². The molecule has 2 rings (SSSR count).